The fraction of sp³-hybridized carbons (Fsp3) is 0.900. The van der Waals surface area contributed by atoms with Crippen LogP contribution in [-0.2, 0) is 23.8 Å². The third-order valence-corrected chi connectivity index (χ3v) is 2.19. The predicted octanol–water partition coefficient (Wildman–Crippen LogP) is 5.01. The second-order valence-electron chi connectivity index (χ2n) is 7.51. The molecule has 0 saturated heterocycles. The monoisotopic (exact) mass is 362 g/mol. The summed E-state index contributed by atoms with van der Waals surface area (Å²) in [6.07, 6.45) is 0.778. The third-order valence-electron chi connectivity index (χ3n) is 2.19. The smallest absolute Gasteiger partial charge is 0.308 e. The van der Waals surface area contributed by atoms with Crippen LogP contribution < -0.4 is 0 Å². The van der Waals surface area contributed by atoms with Crippen molar-refractivity contribution in [2.45, 2.75) is 108 Å². The summed E-state index contributed by atoms with van der Waals surface area (Å²) in [5.74, 6) is -0.255. The van der Waals surface area contributed by atoms with Gasteiger partial charge in [-0.2, -0.15) is 0 Å². The van der Waals surface area contributed by atoms with Crippen LogP contribution in [-0.4, -0.2) is 36.4 Å². The molecule has 0 N–H and O–H groups in total. The standard InChI is InChI=1S/2C7H14O2.C6H14O/c2*1-5(2)7(8)9-6(3)4;1-5(2)7-6(3)4/h2*5-6H,1-4H3;5-6H,1-4H3. The van der Waals surface area contributed by atoms with E-state index in [-0.39, 0.29) is 36.0 Å². The molecule has 0 radical (unpaired) electrons. The molecule has 0 aliphatic rings. The Bertz CT molecular complexity index is 299. The SMILES string of the molecule is CC(C)OC(=O)C(C)C.CC(C)OC(=O)C(C)C.CC(C)OC(C)C. The van der Waals surface area contributed by atoms with Crippen LogP contribution >= 0.6 is 0 Å². The van der Waals surface area contributed by atoms with Crippen molar-refractivity contribution >= 4 is 11.9 Å². The van der Waals surface area contributed by atoms with Gasteiger partial charge in [0.1, 0.15) is 0 Å². The van der Waals surface area contributed by atoms with E-state index in [4.69, 9.17) is 14.2 Å². The molecular weight excluding hydrogens is 320 g/mol. The minimum atomic E-state index is -0.120. The molecule has 0 atom stereocenters. The van der Waals surface area contributed by atoms with Crippen molar-refractivity contribution in [2.24, 2.45) is 11.8 Å². The lowest BCUT2D eigenvalue weighted by atomic mass is 10.2. The maximum absolute atomic E-state index is 10.7. The highest BCUT2D eigenvalue weighted by atomic mass is 16.5. The quantitative estimate of drug-likeness (QED) is 0.622. The zero-order valence-electron chi connectivity index (χ0n) is 18.5. The zero-order valence-corrected chi connectivity index (χ0v) is 18.5. The first kappa shape index (κ1) is 28.7. The fourth-order valence-electron chi connectivity index (χ4n) is 1.28. The molecule has 0 aliphatic carbocycles. The Labute approximate surface area is 155 Å². The highest BCUT2D eigenvalue weighted by Gasteiger charge is 2.09. The number of rotatable bonds is 6. The summed E-state index contributed by atoms with van der Waals surface area (Å²) >= 11 is 0. The van der Waals surface area contributed by atoms with E-state index in [1.165, 1.54) is 0 Å². The molecule has 0 unspecified atom stereocenters. The van der Waals surface area contributed by atoms with E-state index in [0.29, 0.717) is 12.2 Å². The number of ether oxygens (including phenoxy) is 3. The molecule has 5 nitrogen and oxygen atoms in total. The van der Waals surface area contributed by atoms with Crippen molar-refractivity contribution in [1.29, 1.82) is 0 Å². The molecule has 0 amide bonds. The first-order valence-electron chi connectivity index (χ1n) is 9.26. The van der Waals surface area contributed by atoms with Crippen LogP contribution in [0.15, 0.2) is 0 Å². The van der Waals surface area contributed by atoms with Gasteiger partial charge in [0.2, 0.25) is 0 Å². The van der Waals surface area contributed by atoms with Crippen LogP contribution in [0.25, 0.3) is 0 Å². The van der Waals surface area contributed by atoms with Crippen LogP contribution in [0.2, 0.25) is 0 Å². The van der Waals surface area contributed by atoms with Crippen molar-refractivity contribution in [3.8, 4) is 0 Å². The van der Waals surface area contributed by atoms with Crippen LogP contribution in [0.5, 0.6) is 0 Å². The number of carbonyl (C=O) groups is 2. The normalized spacial score (nSPS) is 10.6. The summed E-state index contributed by atoms with van der Waals surface area (Å²) in [4.78, 5) is 21.5. The summed E-state index contributed by atoms with van der Waals surface area (Å²) in [5, 5.41) is 0. The largest absolute Gasteiger partial charge is 0.463 e. The summed E-state index contributed by atoms with van der Waals surface area (Å²) in [7, 11) is 0. The van der Waals surface area contributed by atoms with Gasteiger partial charge in [-0.15, -0.1) is 0 Å². The number of hydrogen-bond donors (Lipinski definition) is 0. The zero-order chi connectivity index (χ0) is 20.7. The van der Waals surface area contributed by atoms with E-state index in [9.17, 15) is 9.59 Å². The average molecular weight is 363 g/mol. The minimum Gasteiger partial charge on any atom is -0.463 e. The van der Waals surface area contributed by atoms with Gasteiger partial charge in [0.15, 0.2) is 0 Å². The molecule has 0 aromatic rings. The van der Waals surface area contributed by atoms with Crippen molar-refractivity contribution in [3.05, 3.63) is 0 Å². The molecule has 0 aliphatic heterocycles. The van der Waals surface area contributed by atoms with Crippen molar-refractivity contribution < 1.29 is 23.8 Å². The summed E-state index contributed by atoms with van der Waals surface area (Å²) in [6.45, 7) is 22.9. The van der Waals surface area contributed by atoms with Gasteiger partial charge < -0.3 is 14.2 Å². The summed E-state index contributed by atoms with van der Waals surface area (Å²) in [6, 6.07) is 0. The molecule has 0 rings (SSSR count). The van der Waals surface area contributed by atoms with E-state index in [1.54, 1.807) is 0 Å². The summed E-state index contributed by atoms with van der Waals surface area (Å²) in [5.41, 5.74) is 0. The highest BCUT2D eigenvalue weighted by Crippen LogP contribution is 1.99. The van der Waals surface area contributed by atoms with Gasteiger partial charge in [-0.3, -0.25) is 9.59 Å². The van der Waals surface area contributed by atoms with Crippen LogP contribution in [0.1, 0.15) is 83.1 Å². The Hall–Kier alpha value is -1.10. The van der Waals surface area contributed by atoms with E-state index in [1.807, 2.05) is 83.1 Å². The van der Waals surface area contributed by atoms with E-state index in [0.717, 1.165) is 0 Å². The molecule has 0 aromatic heterocycles. The van der Waals surface area contributed by atoms with Crippen molar-refractivity contribution in [1.82, 2.24) is 0 Å². The van der Waals surface area contributed by atoms with E-state index < -0.39 is 0 Å². The molecule has 5 heteroatoms. The first-order chi connectivity index (χ1) is 11.2. The maximum atomic E-state index is 10.7. The second kappa shape index (κ2) is 16.4. The van der Waals surface area contributed by atoms with Gasteiger partial charge in [0, 0.05) is 0 Å². The third kappa shape index (κ3) is 28.0. The Morgan fingerprint density at radius 3 is 0.760 bits per heavy atom. The second-order valence-corrected chi connectivity index (χ2v) is 7.51. The molecular formula is C20H42O5. The van der Waals surface area contributed by atoms with Crippen molar-refractivity contribution in [2.75, 3.05) is 0 Å². The Kier molecular flexibility index (Phi) is 18.8. The van der Waals surface area contributed by atoms with E-state index in [2.05, 4.69) is 0 Å². The molecule has 0 bridgehead atoms. The predicted molar refractivity (Wildman–Crippen MR) is 103 cm³/mol. The Morgan fingerprint density at radius 2 is 0.720 bits per heavy atom. The number of hydrogen-bond acceptors (Lipinski definition) is 5. The Morgan fingerprint density at radius 1 is 0.480 bits per heavy atom. The van der Waals surface area contributed by atoms with E-state index >= 15 is 0 Å². The molecule has 152 valence electrons. The topological polar surface area (TPSA) is 61.8 Å². The van der Waals surface area contributed by atoms with Gasteiger partial charge in [-0.1, -0.05) is 27.7 Å². The van der Waals surface area contributed by atoms with Crippen LogP contribution in [0.3, 0.4) is 0 Å². The van der Waals surface area contributed by atoms with Gasteiger partial charge >= 0.3 is 11.9 Å². The van der Waals surface area contributed by atoms with Crippen LogP contribution in [0.4, 0.5) is 0 Å². The number of carbonyl (C=O) groups excluding carboxylic acids is 2. The van der Waals surface area contributed by atoms with Gasteiger partial charge in [-0.25, -0.2) is 0 Å². The molecule has 0 saturated carbocycles. The van der Waals surface area contributed by atoms with Gasteiger partial charge in [0.25, 0.3) is 0 Å². The lowest BCUT2D eigenvalue weighted by Crippen LogP contribution is -2.16. The highest BCUT2D eigenvalue weighted by molar-refractivity contribution is 5.71. The Balaban J connectivity index is -0.000000293. The number of esters is 2. The first-order valence-corrected chi connectivity index (χ1v) is 9.26. The molecule has 0 aromatic carbocycles. The van der Waals surface area contributed by atoms with Crippen LogP contribution in [0, 0.1) is 11.8 Å². The lowest BCUT2D eigenvalue weighted by Gasteiger charge is -2.09. The maximum Gasteiger partial charge on any atom is 0.308 e. The van der Waals surface area contributed by atoms with Crippen molar-refractivity contribution in [3.63, 3.8) is 0 Å². The average Bonchev–Trinajstić information content (AvgIpc) is 2.36. The minimum absolute atomic E-state index is 0.00704. The molecule has 0 heterocycles. The van der Waals surface area contributed by atoms with Gasteiger partial charge in [-0.05, 0) is 55.4 Å². The molecule has 0 spiro atoms. The fourth-order valence-corrected chi connectivity index (χ4v) is 1.28. The molecule has 25 heavy (non-hydrogen) atoms. The molecule has 0 fully saturated rings. The summed E-state index contributed by atoms with van der Waals surface area (Å²) < 4.78 is 15.0. The lowest BCUT2D eigenvalue weighted by molar-refractivity contribution is -0.152. The van der Waals surface area contributed by atoms with Gasteiger partial charge in [0.05, 0.1) is 36.3 Å².